The van der Waals surface area contributed by atoms with Gasteiger partial charge in [0.25, 0.3) is 0 Å². The molecule has 1 saturated heterocycles. The highest BCUT2D eigenvalue weighted by Gasteiger charge is 2.18. The van der Waals surface area contributed by atoms with Gasteiger partial charge in [-0.05, 0) is 49.5 Å². The minimum Gasteiger partial charge on any atom is -0.303 e. The van der Waals surface area contributed by atoms with Crippen LogP contribution in [-0.2, 0) is 11.3 Å². The van der Waals surface area contributed by atoms with Crippen LogP contribution < -0.4 is 0 Å². The highest BCUT2D eigenvalue weighted by Crippen LogP contribution is 2.25. The van der Waals surface area contributed by atoms with Crippen molar-refractivity contribution in [2.24, 2.45) is 5.92 Å². The van der Waals surface area contributed by atoms with Crippen molar-refractivity contribution < 1.29 is 4.79 Å². The van der Waals surface area contributed by atoms with E-state index < -0.39 is 0 Å². The number of piperidine rings is 1. The van der Waals surface area contributed by atoms with E-state index in [1.807, 2.05) is 18.2 Å². The largest absolute Gasteiger partial charge is 0.303 e. The van der Waals surface area contributed by atoms with Gasteiger partial charge in [-0.25, -0.2) is 0 Å². The summed E-state index contributed by atoms with van der Waals surface area (Å²) in [5, 5.41) is 1.22. The smallest absolute Gasteiger partial charge is 0.120 e. The van der Waals surface area contributed by atoms with Crippen molar-refractivity contribution in [3.8, 4) is 0 Å². The predicted molar refractivity (Wildman–Crippen MR) is 75.1 cm³/mol. The molecule has 0 atom stereocenters. The van der Waals surface area contributed by atoms with E-state index in [0.717, 1.165) is 38.8 Å². The second kappa shape index (κ2) is 6.55. The number of hydrogen-bond acceptors (Lipinski definition) is 2. The van der Waals surface area contributed by atoms with Crippen LogP contribution in [0.15, 0.2) is 18.2 Å². The summed E-state index contributed by atoms with van der Waals surface area (Å²) in [5.74, 6) is 0.576. The zero-order valence-electron chi connectivity index (χ0n) is 10.2. The van der Waals surface area contributed by atoms with Gasteiger partial charge in [-0.1, -0.05) is 29.3 Å². The van der Waals surface area contributed by atoms with Gasteiger partial charge in [-0.2, -0.15) is 0 Å². The van der Waals surface area contributed by atoms with Crippen molar-refractivity contribution in [1.29, 1.82) is 0 Å². The molecule has 4 heteroatoms. The van der Waals surface area contributed by atoms with Gasteiger partial charge in [0, 0.05) is 13.0 Å². The summed E-state index contributed by atoms with van der Waals surface area (Å²) in [7, 11) is 0. The van der Waals surface area contributed by atoms with Crippen LogP contribution in [0.5, 0.6) is 0 Å². The van der Waals surface area contributed by atoms with Gasteiger partial charge in [-0.3, -0.25) is 4.90 Å². The quantitative estimate of drug-likeness (QED) is 0.785. The number of likely N-dealkylation sites (tertiary alicyclic amines) is 1. The summed E-state index contributed by atoms with van der Waals surface area (Å²) in [6.45, 7) is 3.02. The molecule has 0 spiro atoms. The first-order valence-corrected chi connectivity index (χ1v) is 7.04. The molecule has 1 fully saturated rings. The second-order valence-electron chi connectivity index (χ2n) is 4.87. The Hall–Kier alpha value is -0.570. The van der Waals surface area contributed by atoms with Crippen molar-refractivity contribution in [2.45, 2.75) is 25.8 Å². The van der Waals surface area contributed by atoms with Gasteiger partial charge in [0.1, 0.15) is 6.29 Å². The van der Waals surface area contributed by atoms with E-state index in [-0.39, 0.29) is 0 Å². The Labute approximate surface area is 118 Å². The first-order chi connectivity index (χ1) is 8.69. The van der Waals surface area contributed by atoms with E-state index in [9.17, 15) is 4.79 Å². The van der Waals surface area contributed by atoms with Crippen LogP contribution in [0.2, 0.25) is 10.0 Å². The molecule has 0 bridgehead atoms. The average Bonchev–Trinajstić information content (AvgIpc) is 2.37. The number of carbonyl (C=O) groups excluding carboxylic acids is 1. The second-order valence-corrected chi connectivity index (χ2v) is 5.68. The fraction of sp³-hybridized carbons (Fsp3) is 0.500. The molecular formula is C14H17Cl2NO. The lowest BCUT2D eigenvalue weighted by molar-refractivity contribution is -0.108. The molecule has 2 nitrogen and oxygen atoms in total. The minimum absolute atomic E-state index is 0.576. The van der Waals surface area contributed by atoms with E-state index in [0.29, 0.717) is 22.4 Å². The topological polar surface area (TPSA) is 20.3 Å². The Morgan fingerprint density at radius 1 is 1.22 bits per heavy atom. The minimum atomic E-state index is 0.576. The molecule has 0 aromatic heterocycles. The number of rotatable bonds is 4. The van der Waals surface area contributed by atoms with Crippen LogP contribution in [0, 0.1) is 5.92 Å². The van der Waals surface area contributed by atoms with Crippen LogP contribution in [0.4, 0.5) is 0 Å². The summed E-state index contributed by atoms with van der Waals surface area (Å²) < 4.78 is 0. The predicted octanol–water partition coefficient (Wildman–Crippen LogP) is 3.79. The molecular weight excluding hydrogens is 269 g/mol. The molecule has 0 radical (unpaired) electrons. The van der Waals surface area contributed by atoms with Crippen LogP contribution in [0.1, 0.15) is 24.8 Å². The summed E-state index contributed by atoms with van der Waals surface area (Å²) in [6, 6.07) is 5.80. The molecule has 1 aromatic carbocycles. The highest BCUT2D eigenvalue weighted by molar-refractivity contribution is 6.42. The standard InChI is InChI=1S/C14H17Cl2NO/c15-13-2-1-12(9-14(13)16)10-17-6-3-11(4-7-17)5-8-18/h1-2,8-9,11H,3-7,10H2. The van der Waals surface area contributed by atoms with Gasteiger partial charge in [0.15, 0.2) is 0 Å². The van der Waals surface area contributed by atoms with Crippen LogP contribution >= 0.6 is 23.2 Å². The highest BCUT2D eigenvalue weighted by atomic mass is 35.5. The van der Waals surface area contributed by atoms with Gasteiger partial charge in [0.05, 0.1) is 10.0 Å². The van der Waals surface area contributed by atoms with Crippen molar-refractivity contribution >= 4 is 29.5 Å². The van der Waals surface area contributed by atoms with Gasteiger partial charge < -0.3 is 4.79 Å². The van der Waals surface area contributed by atoms with Crippen LogP contribution in [-0.4, -0.2) is 24.3 Å². The van der Waals surface area contributed by atoms with Gasteiger partial charge in [0.2, 0.25) is 0 Å². The lowest BCUT2D eigenvalue weighted by Gasteiger charge is -2.31. The maximum Gasteiger partial charge on any atom is 0.120 e. The molecule has 0 unspecified atom stereocenters. The Bertz CT molecular complexity index is 414. The summed E-state index contributed by atoms with van der Waals surface area (Å²) in [4.78, 5) is 12.9. The molecule has 0 saturated carbocycles. The molecule has 0 aliphatic carbocycles. The summed E-state index contributed by atoms with van der Waals surface area (Å²) >= 11 is 11.9. The first kappa shape index (κ1) is 13.9. The molecule has 0 N–H and O–H groups in total. The Morgan fingerprint density at radius 2 is 1.94 bits per heavy atom. The van der Waals surface area contributed by atoms with Crippen LogP contribution in [0.25, 0.3) is 0 Å². The van der Waals surface area contributed by atoms with Gasteiger partial charge >= 0.3 is 0 Å². The Balaban J connectivity index is 1.87. The number of aldehydes is 1. The summed E-state index contributed by atoms with van der Waals surface area (Å²) in [6.07, 6.45) is 3.97. The van der Waals surface area contributed by atoms with Crippen molar-refractivity contribution in [2.75, 3.05) is 13.1 Å². The SMILES string of the molecule is O=CCC1CCN(Cc2ccc(Cl)c(Cl)c2)CC1. The van der Waals surface area contributed by atoms with E-state index in [2.05, 4.69) is 4.90 Å². The van der Waals surface area contributed by atoms with Gasteiger partial charge in [-0.15, -0.1) is 0 Å². The lowest BCUT2D eigenvalue weighted by Crippen LogP contribution is -2.33. The van der Waals surface area contributed by atoms with E-state index in [1.54, 1.807) is 0 Å². The number of nitrogens with zero attached hydrogens (tertiary/aromatic N) is 1. The average molecular weight is 286 g/mol. The molecule has 1 aromatic rings. The van der Waals surface area contributed by atoms with E-state index in [4.69, 9.17) is 23.2 Å². The summed E-state index contributed by atoms with van der Waals surface area (Å²) in [5.41, 5.74) is 1.19. The zero-order chi connectivity index (χ0) is 13.0. The maximum absolute atomic E-state index is 10.5. The normalized spacial score (nSPS) is 17.9. The maximum atomic E-state index is 10.5. The van der Waals surface area contributed by atoms with Crippen LogP contribution in [0.3, 0.4) is 0 Å². The van der Waals surface area contributed by atoms with E-state index in [1.165, 1.54) is 5.56 Å². The lowest BCUT2D eigenvalue weighted by atomic mass is 9.94. The molecule has 18 heavy (non-hydrogen) atoms. The van der Waals surface area contributed by atoms with Crippen molar-refractivity contribution in [1.82, 2.24) is 4.90 Å². The molecule has 1 heterocycles. The fourth-order valence-corrected chi connectivity index (χ4v) is 2.73. The number of hydrogen-bond donors (Lipinski definition) is 0. The number of benzene rings is 1. The first-order valence-electron chi connectivity index (χ1n) is 6.29. The third-order valence-electron chi connectivity index (χ3n) is 3.53. The number of halogens is 2. The molecule has 1 aliphatic heterocycles. The van der Waals surface area contributed by atoms with Crippen molar-refractivity contribution in [3.05, 3.63) is 33.8 Å². The third-order valence-corrected chi connectivity index (χ3v) is 4.27. The Morgan fingerprint density at radius 3 is 2.56 bits per heavy atom. The number of carbonyl (C=O) groups is 1. The fourth-order valence-electron chi connectivity index (χ4n) is 2.41. The molecule has 2 rings (SSSR count). The van der Waals surface area contributed by atoms with E-state index >= 15 is 0 Å². The molecule has 0 amide bonds. The Kier molecular flexibility index (Phi) is 5.04. The monoisotopic (exact) mass is 285 g/mol. The molecule has 1 aliphatic rings. The third kappa shape index (κ3) is 3.71. The zero-order valence-corrected chi connectivity index (χ0v) is 11.8. The van der Waals surface area contributed by atoms with Crippen molar-refractivity contribution in [3.63, 3.8) is 0 Å². The molecule has 98 valence electrons.